The summed E-state index contributed by atoms with van der Waals surface area (Å²) in [6.07, 6.45) is 3.36. The fourth-order valence-electron chi connectivity index (χ4n) is 2.07. The number of aliphatic hydroxyl groups excluding tert-OH is 1. The molecule has 0 aliphatic rings. The van der Waals surface area contributed by atoms with E-state index in [-0.39, 0.29) is 0 Å². The number of aliphatic hydroxyl groups is 1. The van der Waals surface area contributed by atoms with E-state index in [1.165, 1.54) is 5.06 Å². The Morgan fingerprint density at radius 3 is 2.67 bits per heavy atom. The Labute approximate surface area is 144 Å². The monoisotopic (exact) mass is 357 g/mol. The van der Waals surface area contributed by atoms with Crippen molar-refractivity contribution in [3.63, 3.8) is 0 Å². The first-order valence-electron chi connectivity index (χ1n) is 8.38. The van der Waals surface area contributed by atoms with Gasteiger partial charge in [-0.3, -0.25) is 14.2 Å². The summed E-state index contributed by atoms with van der Waals surface area (Å²) in [6, 6.07) is 9.59. The van der Waals surface area contributed by atoms with Crippen LogP contribution in [0.25, 0.3) is 0 Å². The quantitative estimate of drug-likeness (QED) is 0.240. The van der Waals surface area contributed by atoms with Gasteiger partial charge in [0.2, 0.25) is 6.41 Å². The van der Waals surface area contributed by atoms with Crippen LogP contribution >= 0.6 is 8.03 Å². The van der Waals surface area contributed by atoms with Gasteiger partial charge >= 0.3 is 0 Å². The fraction of sp³-hybridized carbons (Fsp3) is 0.588. The van der Waals surface area contributed by atoms with Gasteiger partial charge in [-0.1, -0.05) is 37.3 Å². The van der Waals surface area contributed by atoms with Gasteiger partial charge in [-0.15, -0.1) is 0 Å². The number of nitrogens with zero attached hydrogens (tertiary/aromatic N) is 1. The Hall–Kier alpha value is -1.20. The molecule has 1 aromatic carbocycles. The van der Waals surface area contributed by atoms with E-state index in [0.29, 0.717) is 45.2 Å². The van der Waals surface area contributed by atoms with E-state index < -0.39 is 14.1 Å². The summed E-state index contributed by atoms with van der Waals surface area (Å²) in [5.41, 5.74) is 0.983. The van der Waals surface area contributed by atoms with E-state index in [1.54, 1.807) is 0 Å². The molecule has 0 spiro atoms. The van der Waals surface area contributed by atoms with Crippen LogP contribution in [-0.2, 0) is 25.3 Å². The first-order chi connectivity index (χ1) is 11.7. The van der Waals surface area contributed by atoms with Crippen LogP contribution in [0.15, 0.2) is 30.3 Å². The number of rotatable bonds is 14. The Morgan fingerprint density at radius 1 is 1.25 bits per heavy atom. The van der Waals surface area contributed by atoms with Crippen LogP contribution in [0.3, 0.4) is 0 Å². The van der Waals surface area contributed by atoms with Crippen LogP contribution in [0, 0.1) is 0 Å². The van der Waals surface area contributed by atoms with Crippen molar-refractivity contribution in [1.29, 1.82) is 0 Å². The fourth-order valence-corrected chi connectivity index (χ4v) is 2.65. The van der Waals surface area contributed by atoms with E-state index in [4.69, 9.17) is 9.36 Å². The van der Waals surface area contributed by atoms with Gasteiger partial charge in [0, 0.05) is 6.16 Å². The lowest BCUT2D eigenvalue weighted by Gasteiger charge is -2.19. The summed E-state index contributed by atoms with van der Waals surface area (Å²) in [7, 11) is -1.86. The van der Waals surface area contributed by atoms with Gasteiger partial charge in [-0.05, 0) is 31.2 Å². The van der Waals surface area contributed by atoms with Gasteiger partial charge < -0.3 is 9.63 Å². The predicted molar refractivity (Wildman–Crippen MR) is 94.0 cm³/mol. The molecule has 1 aromatic rings. The standard InChI is InChI=1S/C17H28NO5P/c1-2-24(21)23-13-7-6-10-17(20)11-12-18(15-19)22-14-16-8-4-3-5-9-16/h3-5,8-9,15,17,20,24H,2,6-7,10-14H2,1H3. The number of benzene rings is 1. The molecule has 0 bridgehead atoms. The Morgan fingerprint density at radius 2 is 2.00 bits per heavy atom. The van der Waals surface area contributed by atoms with Crippen molar-refractivity contribution in [3.05, 3.63) is 35.9 Å². The third-order valence-corrected chi connectivity index (χ3v) is 4.63. The second kappa shape index (κ2) is 13.1. The summed E-state index contributed by atoms with van der Waals surface area (Å²) in [5.74, 6) is 0. The SMILES string of the molecule is CC[PH](=O)OCCCCC(O)CCN(C=O)OCc1ccccc1. The van der Waals surface area contributed by atoms with Crippen molar-refractivity contribution >= 4 is 14.4 Å². The van der Waals surface area contributed by atoms with Gasteiger partial charge in [0.05, 0.1) is 19.3 Å². The van der Waals surface area contributed by atoms with E-state index in [2.05, 4.69) is 0 Å². The molecule has 2 atom stereocenters. The predicted octanol–water partition coefficient (Wildman–Crippen LogP) is 3.01. The molecule has 2 unspecified atom stereocenters. The summed E-state index contributed by atoms with van der Waals surface area (Å²) >= 11 is 0. The highest BCUT2D eigenvalue weighted by Crippen LogP contribution is 2.21. The van der Waals surface area contributed by atoms with Crippen LogP contribution in [0.4, 0.5) is 0 Å². The lowest BCUT2D eigenvalue weighted by Crippen LogP contribution is -2.26. The lowest BCUT2D eigenvalue weighted by molar-refractivity contribution is -0.179. The summed E-state index contributed by atoms with van der Waals surface area (Å²) in [6.45, 7) is 2.98. The minimum atomic E-state index is -1.86. The molecule has 0 aromatic heterocycles. The van der Waals surface area contributed by atoms with Gasteiger partial charge in [-0.2, -0.15) is 0 Å². The molecule has 7 heteroatoms. The Balaban J connectivity index is 2.11. The maximum atomic E-state index is 11.1. The number of hydrogen-bond donors (Lipinski definition) is 1. The molecule has 1 amide bonds. The summed E-state index contributed by atoms with van der Waals surface area (Å²) < 4.78 is 16.3. The second-order valence-electron chi connectivity index (χ2n) is 5.52. The zero-order valence-corrected chi connectivity index (χ0v) is 15.2. The molecule has 0 saturated heterocycles. The molecule has 24 heavy (non-hydrogen) atoms. The molecule has 0 aliphatic carbocycles. The zero-order valence-electron chi connectivity index (χ0n) is 14.2. The molecular formula is C17H28NO5P. The first kappa shape index (κ1) is 20.8. The van der Waals surface area contributed by atoms with Crippen molar-refractivity contribution < 1.29 is 23.8 Å². The van der Waals surface area contributed by atoms with Crippen molar-refractivity contribution in [3.8, 4) is 0 Å². The Kier molecular flexibility index (Phi) is 11.4. The van der Waals surface area contributed by atoms with E-state index in [1.807, 2.05) is 37.3 Å². The third-order valence-electron chi connectivity index (χ3n) is 3.52. The van der Waals surface area contributed by atoms with Gasteiger partial charge in [0.25, 0.3) is 0 Å². The van der Waals surface area contributed by atoms with Crippen LogP contribution < -0.4 is 0 Å². The van der Waals surface area contributed by atoms with Crippen LogP contribution in [0.5, 0.6) is 0 Å². The minimum Gasteiger partial charge on any atom is -0.393 e. The van der Waals surface area contributed by atoms with E-state index >= 15 is 0 Å². The molecule has 1 N–H and O–H groups in total. The van der Waals surface area contributed by atoms with Crippen LogP contribution in [0.2, 0.25) is 0 Å². The third kappa shape index (κ3) is 9.83. The van der Waals surface area contributed by atoms with E-state index in [0.717, 1.165) is 18.4 Å². The molecule has 0 radical (unpaired) electrons. The molecule has 0 fully saturated rings. The maximum absolute atomic E-state index is 11.1. The minimum absolute atomic E-state index is 0.323. The first-order valence-corrected chi connectivity index (χ1v) is 9.90. The summed E-state index contributed by atoms with van der Waals surface area (Å²) in [5, 5.41) is 11.2. The number of amides is 1. The highest BCUT2D eigenvalue weighted by molar-refractivity contribution is 7.39. The second-order valence-corrected chi connectivity index (χ2v) is 7.26. The average Bonchev–Trinajstić information content (AvgIpc) is 2.62. The number of hydroxylamine groups is 2. The highest BCUT2D eigenvalue weighted by Gasteiger charge is 2.09. The number of carbonyl (C=O) groups excluding carboxylic acids is 1. The Bertz CT molecular complexity index is 471. The van der Waals surface area contributed by atoms with E-state index in [9.17, 15) is 14.5 Å². The average molecular weight is 357 g/mol. The molecule has 6 nitrogen and oxygen atoms in total. The normalized spacial score (nSPS) is 13.4. The molecule has 0 aliphatic heterocycles. The highest BCUT2D eigenvalue weighted by atomic mass is 31.1. The lowest BCUT2D eigenvalue weighted by atomic mass is 10.1. The number of hydrogen-bond acceptors (Lipinski definition) is 5. The molecule has 0 saturated carbocycles. The molecule has 136 valence electrons. The largest absolute Gasteiger partial charge is 0.393 e. The topological polar surface area (TPSA) is 76.1 Å². The van der Waals surface area contributed by atoms with Crippen molar-refractivity contribution in [2.24, 2.45) is 0 Å². The molecular weight excluding hydrogens is 329 g/mol. The van der Waals surface area contributed by atoms with Crippen molar-refractivity contribution in [2.45, 2.75) is 45.3 Å². The van der Waals surface area contributed by atoms with Crippen LogP contribution in [-0.4, -0.2) is 42.0 Å². The van der Waals surface area contributed by atoms with Gasteiger partial charge in [0.1, 0.15) is 6.61 Å². The number of carbonyl (C=O) groups is 1. The van der Waals surface area contributed by atoms with Gasteiger partial charge in [-0.25, -0.2) is 5.06 Å². The maximum Gasteiger partial charge on any atom is 0.233 e. The van der Waals surface area contributed by atoms with Crippen LogP contribution in [0.1, 0.15) is 38.2 Å². The zero-order chi connectivity index (χ0) is 17.6. The smallest absolute Gasteiger partial charge is 0.233 e. The number of unbranched alkanes of at least 4 members (excludes halogenated alkanes) is 1. The summed E-state index contributed by atoms with van der Waals surface area (Å²) in [4.78, 5) is 16.4. The van der Waals surface area contributed by atoms with Crippen molar-refractivity contribution in [2.75, 3.05) is 19.3 Å². The van der Waals surface area contributed by atoms with Crippen molar-refractivity contribution in [1.82, 2.24) is 5.06 Å². The molecule has 0 heterocycles. The molecule has 1 rings (SSSR count). The van der Waals surface area contributed by atoms with Gasteiger partial charge in [0.15, 0.2) is 8.03 Å².